The molecule has 0 atom stereocenters. The van der Waals surface area contributed by atoms with Gasteiger partial charge in [0.05, 0.1) is 5.52 Å². The quantitative estimate of drug-likeness (QED) is 0.900. The van der Waals surface area contributed by atoms with Crippen LogP contribution in [-0.4, -0.2) is 22.4 Å². The van der Waals surface area contributed by atoms with Gasteiger partial charge in [-0.2, -0.15) is 0 Å². The van der Waals surface area contributed by atoms with Crippen molar-refractivity contribution in [2.75, 3.05) is 6.54 Å². The van der Waals surface area contributed by atoms with Gasteiger partial charge in [0.1, 0.15) is 0 Å². The Morgan fingerprint density at radius 1 is 1.32 bits per heavy atom. The van der Waals surface area contributed by atoms with E-state index in [1.165, 1.54) is 0 Å². The van der Waals surface area contributed by atoms with Crippen LogP contribution in [0.1, 0.15) is 37.0 Å². The summed E-state index contributed by atoms with van der Waals surface area (Å²) in [6.07, 6.45) is 1.70. The molecule has 4 nitrogen and oxygen atoms in total. The fourth-order valence-electron chi connectivity index (χ4n) is 1.69. The second-order valence-electron chi connectivity index (χ2n) is 6.00. The molecule has 0 fully saturated rings. The molecule has 2 rings (SSSR count). The van der Waals surface area contributed by atoms with Crippen molar-refractivity contribution in [2.24, 2.45) is 5.41 Å². The third-order valence-electron chi connectivity index (χ3n) is 2.72. The molecular weight excluding hydrogens is 238 g/mol. The molecule has 1 aromatic heterocycles. The zero-order valence-electron chi connectivity index (χ0n) is 11.8. The number of amides is 1. The second-order valence-corrected chi connectivity index (χ2v) is 6.00. The minimum absolute atomic E-state index is 0.0453. The number of fused-ring (bicyclic) bond motifs is 1. The van der Waals surface area contributed by atoms with E-state index in [1.54, 1.807) is 6.20 Å². The zero-order chi connectivity index (χ0) is 14.0. The summed E-state index contributed by atoms with van der Waals surface area (Å²) in [6, 6.07) is 5.89. The summed E-state index contributed by atoms with van der Waals surface area (Å²) in [4.78, 5) is 20.4. The normalized spacial score (nSPS) is 11.6. The van der Waals surface area contributed by atoms with Crippen LogP contribution in [0.25, 0.3) is 10.9 Å². The largest absolute Gasteiger partial charge is 0.349 e. The number of carbonyl (C=O) groups is 1. The highest BCUT2D eigenvalue weighted by molar-refractivity contribution is 5.92. The van der Waals surface area contributed by atoms with Crippen LogP contribution in [0.3, 0.4) is 0 Å². The molecule has 0 spiro atoms. The Kier molecular flexibility index (Phi) is 3.51. The van der Waals surface area contributed by atoms with Gasteiger partial charge in [0.25, 0.3) is 5.91 Å². The van der Waals surface area contributed by atoms with Gasteiger partial charge in [-0.3, -0.25) is 4.79 Å². The number of nitrogens with zero attached hydrogens (tertiary/aromatic N) is 2. The van der Waals surface area contributed by atoms with Gasteiger partial charge in [0, 0.05) is 18.1 Å². The van der Waals surface area contributed by atoms with E-state index in [-0.39, 0.29) is 17.1 Å². The van der Waals surface area contributed by atoms with Crippen LogP contribution in [0.2, 0.25) is 0 Å². The van der Waals surface area contributed by atoms with E-state index in [1.807, 2.05) is 25.1 Å². The van der Waals surface area contributed by atoms with Crippen molar-refractivity contribution in [3.8, 4) is 0 Å². The summed E-state index contributed by atoms with van der Waals surface area (Å²) in [5.41, 5.74) is 1.99. The molecule has 2 aromatic rings. The summed E-state index contributed by atoms with van der Waals surface area (Å²) < 4.78 is 0. The Balaban J connectivity index is 2.21. The molecular formula is C15H19N3O. The van der Waals surface area contributed by atoms with Crippen LogP contribution < -0.4 is 5.32 Å². The van der Waals surface area contributed by atoms with Crippen LogP contribution >= 0.6 is 0 Å². The number of aryl methyl sites for hydroxylation is 1. The van der Waals surface area contributed by atoms with Crippen molar-refractivity contribution in [1.29, 1.82) is 0 Å². The minimum Gasteiger partial charge on any atom is -0.349 e. The number of hydrogen-bond donors (Lipinski definition) is 1. The van der Waals surface area contributed by atoms with E-state index in [4.69, 9.17) is 0 Å². The van der Waals surface area contributed by atoms with Crippen LogP contribution in [0.15, 0.2) is 24.4 Å². The van der Waals surface area contributed by atoms with Gasteiger partial charge in [-0.05, 0) is 24.5 Å². The molecule has 1 heterocycles. The average molecular weight is 257 g/mol. The van der Waals surface area contributed by atoms with Crippen molar-refractivity contribution in [2.45, 2.75) is 27.7 Å². The van der Waals surface area contributed by atoms with Crippen LogP contribution in [0.5, 0.6) is 0 Å². The SMILES string of the molecule is Cc1ccc2nc(C(=O)NCC(C)(C)C)ncc2c1. The summed E-state index contributed by atoms with van der Waals surface area (Å²) in [5, 5.41) is 3.80. The van der Waals surface area contributed by atoms with E-state index in [0.717, 1.165) is 16.5 Å². The van der Waals surface area contributed by atoms with Gasteiger partial charge >= 0.3 is 0 Å². The number of nitrogens with one attached hydrogen (secondary N) is 1. The van der Waals surface area contributed by atoms with Gasteiger partial charge in [-0.25, -0.2) is 9.97 Å². The van der Waals surface area contributed by atoms with Crippen molar-refractivity contribution in [3.63, 3.8) is 0 Å². The molecule has 0 bridgehead atoms. The van der Waals surface area contributed by atoms with Gasteiger partial charge in [0.15, 0.2) is 0 Å². The molecule has 0 radical (unpaired) electrons. The van der Waals surface area contributed by atoms with E-state index < -0.39 is 0 Å². The lowest BCUT2D eigenvalue weighted by Gasteiger charge is -2.18. The van der Waals surface area contributed by atoms with Crippen molar-refractivity contribution in [3.05, 3.63) is 35.8 Å². The standard InChI is InChI=1S/C15H19N3O/c1-10-5-6-12-11(7-10)8-16-13(18-12)14(19)17-9-15(2,3)4/h5-8H,9H2,1-4H3,(H,17,19). The summed E-state index contributed by atoms with van der Waals surface area (Å²) in [5.74, 6) is -0.00185. The molecule has 100 valence electrons. The highest BCUT2D eigenvalue weighted by Gasteiger charge is 2.15. The molecule has 0 aliphatic carbocycles. The highest BCUT2D eigenvalue weighted by Crippen LogP contribution is 2.13. The molecule has 0 aliphatic heterocycles. The topological polar surface area (TPSA) is 54.9 Å². The van der Waals surface area contributed by atoms with Crippen LogP contribution in [0, 0.1) is 12.3 Å². The first-order chi connectivity index (χ1) is 8.85. The lowest BCUT2D eigenvalue weighted by atomic mass is 9.97. The average Bonchev–Trinajstić information content (AvgIpc) is 2.34. The number of rotatable bonds is 2. The Labute approximate surface area is 113 Å². The number of hydrogen-bond acceptors (Lipinski definition) is 3. The summed E-state index contributed by atoms with van der Waals surface area (Å²) in [6.45, 7) is 8.82. The third-order valence-corrected chi connectivity index (χ3v) is 2.72. The van der Waals surface area contributed by atoms with Gasteiger partial charge in [-0.1, -0.05) is 32.4 Å². The molecule has 0 saturated carbocycles. The van der Waals surface area contributed by atoms with Crippen molar-refractivity contribution in [1.82, 2.24) is 15.3 Å². The van der Waals surface area contributed by atoms with E-state index >= 15 is 0 Å². The smallest absolute Gasteiger partial charge is 0.289 e. The molecule has 1 amide bonds. The number of aromatic nitrogens is 2. The van der Waals surface area contributed by atoms with Crippen LogP contribution in [-0.2, 0) is 0 Å². The third kappa shape index (κ3) is 3.50. The van der Waals surface area contributed by atoms with Crippen LogP contribution in [0.4, 0.5) is 0 Å². The fraction of sp³-hybridized carbons (Fsp3) is 0.400. The monoisotopic (exact) mass is 257 g/mol. The Morgan fingerprint density at radius 3 is 2.74 bits per heavy atom. The molecule has 4 heteroatoms. The molecule has 0 unspecified atom stereocenters. The molecule has 1 N–H and O–H groups in total. The highest BCUT2D eigenvalue weighted by atomic mass is 16.2. The molecule has 0 aliphatic rings. The first kappa shape index (κ1) is 13.5. The van der Waals surface area contributed by atoms with E-state index in [0.29, 0.717) is 6.54 Å². The predicted molar refractivity (Wildman–Crippen MR) is 76.1 cm³/mol. The summed E-state index contributed by atoms with van der Waals surface area (Å²) in [7, 11) is 0. The second kappa shape index (κ2) is 4.96. The number of carbonyl (C=O) groups excluding carboxylic acids is 1. The zero-order valence-corrected chi connectivity index (χ0v) is 11.8. The predicted octanol–water partition coefficient (Wildman–Crippen LogP) is 2.71. The Morgan fingerprint density at radius 2 is 2.05 bits per heavy atom. The Hall–Kier alpha value is -1.97. The summed E-state index contributed by atoms with van der Waals surface area (Å²) >= 11 is 0. The van der Waals surface area contributed by atoms with Gasteiger partial charge in [-0.15, -0.1) is 0 Å². The lowest BCUT2D eigenvalue weighted by molar-refractivity contribution is 0.0929. The van der Waals surface area contributed by atoms with Crippen molar-refractivity contribution < 1.29 is 4.79 Å². The van der Waals surface area contributed by atoms with E-state index in [2.05, 4.69) is 36.1 Å². The van der Waals surface area contributed by atoms with Crippen molar-refractivity contribution >= 4 is 16.8 Å². The maximum absolute atomic E-state index is 12.0. The first-order valence-electron chi connectivity index (χ1n) is 6.37. The maximum atomic E-state index is 12.0. The fourth-order valence-corrected chi connectivity index (χ4v) is 1.69. The molecule has 1 aromatic carbocycles. The maximum Gasteiger partial charge on any atom is 0.289 e. The molecule has 0 saturated heterocycles. The van der Waals surface area contributed by atoms with Gasteiger partial charge in [0.2, 0.25) is 5.82 Å². The minimum atomic E-state index is -0.225. The lowest BCUT2D eigenvalue weighted by Crippen LogP contribution is -2.33. The molecule has 19 heavy (non-hydrogen) atoms. The first-order valence-corrected chi connectivity index (χ1v) is 6.37. The number of benzene rings is 1. The van der Waals surface area contributed by atoms with Gasteiger partial charge < -0.3 is 5.32 Å². The van der Waals surface area contributed by atoms with E-state index in [9.17, 15) is 4.79 Å². The Bertz CT molecular complexity index is 614.